The maximum absolute atomic E-state index is 3.53. The van der Waals surface area contributed by atoms with Gasteiger partial charge in [0, 0.05) is 49.1 Å². The average Bonchev–Trinajstić information content (AvgIpc) is 2.87. The van der Waals surface area contributed by atoms with Crippen LogP contribution in [0.5, 0.6) is 0 Å². The van der Waals surface area contributed by atoms with Crippen molar-refractivity contribution in [2.24, 2.45) is 0 Å². The molecule has 1 radical (unpaired) electrons. The van der Waals surface area contributed by atoms with E-state index in [1.807, 2.05) is 18.2 Å². The summed E-state index contributed by atoms with van der Waals surface area (Å²) in [5.41, 5.74) is 4.70. The molecule has 1 aromatic heterocycles. The van der Waals surface area contributed by atoms with Gasteiger partial charge in [0.05, 0.1) is 0 Å². The molecule has 0 saturated heterocycles. The van der Waals surface area contributed by atoms with Gasteiger partial charge in [-0.25, -0.2) is 0 Å². The number of aromatic nitrogens is 1. The van der Waals surface area contributed by atoms with E-state index in [-0.39, 0.29) is 32.7 Å². The average molecular weight is 331 g/mol. The molecule has 0 aliphatic rings. The van der Waals surface area contributed by atoms with Gasteiger partial charge in [0.1, 0.15) is 0 Å². The molecule has 4 rings (SSSR count). The molecule has 0 amide bonds. The van der Waals surface area contributed by atoms with Gasteiger partial charge >= 0.3 is 0 Å². The van der Waals surface area contributed by atoms with Crippen molar-refractivity contribution in [1.82, 2.24) is 4.98 Å². The van der Waals surface area contributed by atoms with Crippen LogP contribution >= 0.6 is 0 Å². The first kappa shape index (κ1) is 13.5. The van der Waals surface area contributed by atoms with E-state index in [1.54, 1.807) is 0 Å². The Morgan fingerprint density at radius 3 is 2.40 bits per heavy atom. The summed E-state index contributed by atoms with van der Waals surface area (Å²) in [7, 11) is 0. The summed E-state index contributed by atoms with van der Waals surface area (Å²) in [6, 6.07) is 26.2. The molecule has 1 N–H and O–H groups in total. The third-order valence-corrected chi connectivity index (χ3v) is 3.54. The number of fused-ring (bicyclic) bond motifs is 3. The van der Waals surface area contributed by atoms with Crippen LogP contribution in [0.4, 0.5) is 0 Å². The first-order valence-corrected chi connectivity index (χ1v) is 6.40. The third-order valence-electron chi connectivity index (χ3n) is 3.54. The van der Waals surface area contributed by atoms with Crippen LogP contribution in [0.3, 0.4) is 0 Å². The normalized spacial score (nSPS) is 10.6. The summed E-state index contributed by atoms with van der Waals surface area (Å²) < 4.78 is 0. The van der Waals surface area contributed by atoms with Crippen LogP contribution in [0.25, 0.3) is 32.9 Å². The maximum atomic E-state index is 3.53. The molecular weight excluding hydrogens is 319 g/mol. The molecule has 4 aromatic rings. The molecule has 1 nitrogen and oxygen atoms in total. The van der Waals surface area contributed by atoms with Crippen LogP contribution in [0, 0.1) is 6.07 Å². The minimum atomic E-state index is 0. The zero-order chi connectivity index (χ0) is 12.7. The summed E-state index contributed by atoms with van der Waals surface area (Å²) >= 11 is 0. The van der Waals surface area contributed by atoms with E-state index in [9.17, 15) is 0 Å². The minimum absolute atomic E-state index is 0. The van der Waals surface area contributed by atoms with Crippen LogP contribution < -0.4 is 0 Å². The van der Waals surface area contributed by atoms with Gasteiger partial charge in [0.25, 0.3) is 0 Å². The molecule has 2 heteroatoms. The zero-order valence-electron chi connectivity index (χ0n) is 10.9. The molecular formula is C18H12NY-. The SMILES string of the molecule is [Y].[c-]1ccccc1-c1cccc2c1[nH]c1ccccc12. The molecule has 0 unspecified atom stereocenters. The smallest absolute Gasteiger partial charge is 0.0458 e. The van der Waals surface area contributed by atoms with Gasteiger partial charge in [0.2, 0.25) is 0 Å². The second-order valence-electron chi connectivity index (χ2n) is 4.67. The first-order valence-electron chi connectivity index (χ1n) is 6.40. The summed E-state index contributed by atoms with van der Waals surface area (Å²) in [4.78, 5) is 3.53. The van der Waals surface area contributed by atoms with E-state index in [0.717, 1.165) is 5.56 Å². The monoisotopic (exact) mass is 331 g/mol. The summed E-state index contributed by atoms with van der Waals surface area (Å²) in [6.07, 6.45) is 0. The number of hydrogen-bond donors (Lipinski definition) is 1. The molecule has 3 aromatic carbocycles. The molecule has 93 valence electrons. The van der Waals surface area contributed by atoms with Gasteiger partial charge < -0.3 is 4.98 Å². The zero-order valence-corrected chi connectivity index (χ0v) is 13.8. The third kappa shape index (κ3) is 2.11. The molecule has 0 fully saturated rings. The summed E-state index contributed by atoms with van der Waals surface area (Å²) in [5, 5.41) is 2.54. The van der Waals surface area contributed by atoms with Crippen molar-refractivity contribution in [3.05, 3.63) is 72.8 Å². The molecule has 0 atom stereocenters. The molecule has 0 spiro atoms. The number of aromatic amines is 1. The second kappa shape index (κ2) is 5.51. The Morgan fingerprint density at radius 1 is 0.750 bits per heavy atom. The largest absolute Gasteiger partial charge is 0.362 e. The van der Waals surface area contributed by atoms with Gasteiger partial charge in [-0.05, 0) is 11.5 Å². The van der Waals surface area contributed by atoms with Crippen LogP contribution in [0.1, 0.15) is 0 Å². The first-order chi connectivity index (χ1) is 9.43. The van der Waals surface area contributed by atoms with Crippen molar-refractivity contribution >= 4 is 21.8 Å². The van der Waals surface area contributed by atoms with Crippen LogP contribution in [-0.2, 0) is 32.7 Å². The number of hydrogen-bond acceptors (Lipinski definition) is 0. The predicted octanol–water partition coefficient (Wildman–Crippen LogP) is 4.79. The fraction of sp³-hybridized carbons (Fsp3) is 0. The van der Waals surface area contributed by atoms with E-state index in [4.69, 9.17) is 0 Å². The van der Waals surface area contributed by atoms with Gasteiger partial charge in [0.15, 0.2) is 0 Å². The fourth-order valence-electron chi connectivity index (χ4n) is 2.66. The van der Waals surface area contributed by atoms with E-state index >= 15 is 0 Å². The number of nitrogens with one attached hydrogen (secondary N) is 1. The topological polar surface area (TPSA) is 15.8 Å². The number of H-pyrrole nitrogens is 1. The Balaban J connectivity index is 0.00000121. The summed E-state index contributed by atoms with van der Waals surface area (Å²) in [6.45, 7) is 0. The van der Waals surface area contributed by atoms with Crippen LogP contribution in [-0.4, -0.2) is 4.98 Å². The fourth-order valence-corrected chi connectivity index (χ4v) is 2.66. The maximum Gasteiger partial charge on any atom is 0.0458 e. The van der Waals surface area contributed by atoms with Crippen molar-refractivity contribution in [2.45, 2.75) is 0 Å². The quantitative estimate of drug-likeness (QED) is 0.483. The minimum Gasteiger partial charge on any atom is -0.362 e. The van der Waals surface area contributed by atoms with E-state index in [2.05, 4.69) is 59.6 Å². The molecule has 0 aliphatic heterocycles. The van der Waals surface area contributed by atoms with E-state index in [0.29, 0.717) is 0 Å². The molecule has 0 saturated carbocycles. The Labute approximate surface area is 142 Å². The molecule has 0 aliphatic carbocycles. The Hall–Kier alpha value is -1.44. The van der Waals surface area contributed by atoms with Gasteiger partial charge in [-0.1, -0.05) is 42.0 Å². The Kier molecular flexibility index (Phi) is 3.73. The number of rotatable bonds is 1. The van der Waals surface area contributed by atoms with E-state index < -0.39 is 0 Å². The molecule has 1 heterocycles. The Bertz CT molecular complexity index is 862. The second-order valence-corrected chi connectivity index (χ2v) is 4.67. The standard InChI is InChI=1S/C18H12N.Y/c1-2-7-13(8-3-1)14-10-6-11-16-15-9-4-5-12-17(15)19-18(14)16;/h1-7,9-12,19H;/q-1;. The van der Waals surface area contributed by atoms with Crippen molar-refractivity contribution < 1.29 is 32.7 Å². The molecule has 0 bridgehead atoms. The Morgan fingerprint density at radius 2 is 1.55 bits per heavy atom. The van der Waals surface area contributed by atoms with Crippen molar-refractivity contribution in [1.29, 1.82) is 0 Å². The predicted molar refractivity (Wildman–Crippen MR) is 80.1 cm³/mol. The molecule has 20 heavy (non-hydrogen) atoms. The van der Waals surface area contributed by atoms with Gasteiger partial charge in [-0.15, -0.1) is 35.9 Å². The van der Waals surface area contributed by atoms with Gasteiger partial charge in [-0.3, -0.25) is 0 Å². The van der Waals surface area contributed by atoms with Crippen molar-refractivity contribution in [2.75, 3.05) is 0 Å². The number of benzene rings is 3. The van der Waals surface area contributed by atoms with Crippen molar-refractivity contribution in [3.8, 4) is 11.1 Å². The summed E-state index contributed by atoms with van der Waals surface area (Å²) in [5.74, 6) is 0. The van der Waals surface area contributed by atoms with Gasteiger partial charge in [-0.2, -0.15) is 0 Å². The van der Waals surface area contributed by atoms with Crippen molar-refractivity contribution in [3.63, 3.8) is 0 Å². The van der Waals surface area contributed by atoms with Crippen LogP contribution in [0.15, 0.2) is 66.7 Å². The number of para-hydroxylation sites is 2. The van der Waals surface area contributed by atoms with Crippen LogP contribution in [0.2, 0.25) is 0 Å². The van der Waals surface area contributed by atoms with E-state index in [1.165, 1.54) is 27.4 Å².